The number of aliphatic carboxylic acids is 1. The Balaban J connectivity index is 3.05. The van der Waals surface area contributed by atoms with Crippen LogP contribution in [-0.4, -0.2) is 103 Å². The van der Waals surface area contributed by atoms with E-state index in [9.17, 15) is 9.59 Å². The van der Waals surface area contributed by atoms with Crippen LogP contribution in [0.25, 0.3) is 0 Å². The maximum atomic E-state index is 11.1. The lowest BCUT2D eigenvalue weighted by Gasteiger charge is -2.08. The van der Waals surface area contributed by atoms with Crippen molar-refractivity contribution < 1.29 is 47.9 Å². The van der Waals surface area contributed by atoms with Crippen LogP contribution in [0.15, 0.2) is 0 Å². The lowest BCUT2D eigenvalue weighted by Crippen LogP contribution is -2.15. The van der Waals surface area contributed by atoms with Gasteiger partial charge in [-0.25, -0.2) is 0 Å². The van der Waals surface area contributed by atoms with Gasteiger partial charge in [0.05, 0.1) is 85.7 Å². The van der Waals surface area contributed by atoms with Crippen molar-refractivity contribution in [1.29, 1.82) is 0 Å². The first-order valence-corrected chi connectivity index (χ1v) is 10.0. The molecule has 0 aliphatic rings. The van der Waals surface area contributed by atoms with E-state index in [4.69, 9.17) is 38.3 Å². The molecule has 29 heavy (non-hydrogen) atoms. The number of esters is 1. The number of ether oxygens (including phenoxy) is 7. The van der Waals surface area contributed by atoms with Crippen LogP contribution in [0.4, 0.5) is 0 Å². The van der Waals surface area contributed by atoms with Crippen LogP contribution >= 0.6 is 0 Å². The molecule has 0 rings (SSSR count). The van der Waals surface area contributed by atoms with E-state index in [1.54, 1.807) is 0 Å². The maximum absolute atomic E-state index is 11.1. The summed E-state index contributed by atoms with van der Waals surface area (Å²) in [6, 6.07) is 0. The highest BCUT2D eigenvalue weighted by Crippen LogP contribution is 1.91. The molecular weight excluding hydrogens is 388 g/mol. The summed E-state index contributed by atoms with van der Waals surface area (Å²) in [6.45, 7) is 7.24. The molecule has 10 heteroatoms. The van der Waals surface area contributed by atoms with E-state index in [-0.39, 0.29) is 25.6 Å². The van der Waals surface area contributed by atoms with Crippen molar-refractivity contribution in [3.05, 3.63) is 0 Å². The Labute approximate surface area is 172 Å². The summed E-state index contributed by atoms with van der Waals surface area (Å²) in [7, 11) is 0. The highest BCUT2D eigenvalue weighted by atomic mass is 16.6. The summed E-state index contributed by atoms with van der Waals surface area (Å²) in [5, 5.41) is 8.43. The summed E-state index contributed by atoms with van der Waals surface area (Å²) in [5.74, 6) is -1.07. The number of carboxylic acid groups (broad SMARTS) is 1. The molecule has 1 N–H and O–H groups in total. The van der Waals surface area contributed by atoms with E-state index >= 15 is 0 Å². The molecule has 0 aromatic rings. The molecule has 0 bridgehead atoms. The number of carboxylic acids is 1. The van der Waals surface area contributed by atoms with Gasteiger partial charge in [0.2, 0.25) is 0 Å². The van der Waals surface area contributed by atoms with Crippen LogP contribution in [0.3, 0.4) is 0 Å². The number of rotatable bonds is 23. The van der Waals surface area contributed by atoms with Crippen LogP contribution < -0.4 is 0 Å². The van der Waals surface area contributed by atoms with Gasteiger partial charge in [0.1, 0.15) is 6.61 Å². The van der Waals surface area contributed by atoms with Crippen molar-refractivity contribution in [2.24, 2.45) is 0 Å². The van der Waals surface area contributed by atoms with Crippen molar-refractivity contribution in [2.75, 3.05) is 85.9 Å². The van der Waals surface area contributed by atoms with Gasteiger partial charge < -0.3 is 38.3 Å². The Morgan fingerprint density at radius 2 is 0.897 bits per heavy atom. The molecule has 0 atom stereocenters. The Morgan fingerprint density at radius 1 is 0.552 bits per heavy atom. The normalized spacial score (nSPS) is 10.9. The van der Waals surface area contributed by atoms with Gasteiger partial charge in [0.15, 0.2) is 0 Å². The summed E-state index contributed by atoms with van der Waals surface area (Å²) in [6.07, 6.45) is 1.22. The molecule has 0 aliphatic carbocycles. The standard InChI is InChI=1S/C19H36O10/c1-2-3-19(22)29-17-16-28-15-14-27-13-12-26-11-10-25-9-8-24-7-6-23-5-4-18(20)21/h2-17H2,1H3,(H,20,21). The van der Waals surface area contributed by atoms with Crippen molar-refractivity contribution in [1.82, 2.24) is 0 Å². The number of carbonyl (C=O) groups is 2. The van der Waals surface area contributed by atoms with E-state index in [0.29, 0.717) is 79.1 Å². The first-order valence-electron chi connectivity index (χ1n) is 10.0. The zero-order valence-corrected chi connectivity index (χ0v) is 17.4. The lowest BCUT2D eigenvalue weighted by atomic mass is 10.3. The second kappa shape index (κ2) is 23.0. The quantitative estimate of drug-likeness (QED) is 0.187. The zero-order valence-electron chi connectivity index (χ0n) is 17.4. The Morgan fingerprint density at radius 3 is 1.24 bits per heavy atom. The Bertz CT molecular complexity index is 378. The molecule has 10 nitrogen and oxygen atoms in total. The van der Waals surface area contributed by atoms with Crippen LogP contribution in [-0.2, 0) is 42.7 Å². The van der Waals surface area contributed by atoms with E-state index in [2.05, 4.69) is 0 Å². The number of hydrogen-bond acceptors (Lipinski definition) is 9. The van der Waals surface area contributed by atoms with E-state index in [0.717, 1.165) is 6.42 Å². The molecule has 0 fully saturated rings. The monoisotopic (exact) mass is 424 g/mol. The van der Waals surface area contributed by atoms with Gasteiger partial charge in [0, 0.05) is 6.42 Å². The highest BCUT2D eigenvalue weighted by Gasteiger charge is 2.00. The van der Waals surface area contributed by atoms with Crippen LogP contribution in [0, 0.1) is 0 Å². The minimum atomic E-state index is -0.874. The maximum Gasteiger partial charge on any atom is 0.305 e. The number of carbonyl (C=O) groups excluding carboxylic acids is 1. The molecule has 0 unspecified atom stereocenters. The molecule has 0 aromatic heterocycles. The van der Waals surface area contributed by atoms with Gasteiger partial charge in [-0.1, -0.05) is 6.92 Å². The van der Waals surface area contributed by atoms with Gasteiger partial charge in [-0.05, 0) is 6.42 Å². The third-order valence-electron chi connectivity index (χ3n) is 3.27. The van der Waals surface area contributed by atoms with Crippen molar-refractivity contribution in [3.63, 3.8) is 0 Å². The molecule has 0 heterocycles. The van der Waals surface area contributed by atoms with E-state index < -0.39 is 5.97 Å². The summed E-state index contributed by atoms with van der Waals surface area (Å²) in [4.78, 5) is 21.4. The fourth-order valence-corrected chi connectivity index (χ4v) is 1.85. The average Bonchev–Trinajstić information content (AvgIpc) is 2.69. The minimum Gasteiger partial charge on any atom is -0.481 e. The van der Waals surface area contributed by atoms with Gasteiger partial charge >= 0.3 is 11.9 Å². The predicted molar refractivity (Wildman–Crippen MR) is 103 cm³/mol. The second-order valence-electron chi connectivity index (χ2n) is 5.79. The number of hydrogen-bond donors (Lipinski definition) is 1. The molecule has 0 amide bonds. The lowest BCUT2D eigenvalue weighted by molar-refractivity contribution is -0.145. The molecule has 0 aliphatic heterocycles. The molecule has 0 radical (unpaired) electrons. The topological polar surface area (TPSA) is 119 Å². The fraction of sp³-hybridized carbons (Fsp3) is 0.895. The predicted octanol–water partition coefficient (Wildman–Crippen LogP) is 0.904. The fourth-order valence-electron chi connectivity index (χ4n) is 1.85. The Kier molecular flexibility index (Phi) is 22.0. The molecule has 0 aromatic carbocycles. The second-order valence-corrected chi connectivity index (χ2v) is 5.79. The summed E-state index contributed by atoms with van der Waals surface area (Å²) < 4.78 is 36.7. The molecule has 172 valence electrons. The summed E-state index contributed by atoms with van der Waals surface area (Å²) in [5.41, 5.74) is 0. The third-order valence-corrected chi connectivity index (χ3v) is 3.27. The van der Waals surface area contributed by atoms with Gasteiger partial charge in [-0.15, -0.1) is 0 Å². The Hall–Kier alpha value is -1.30. The first kappa shape index (κ1) is 27.7. The largest absolute Gasteiger partial charge is 0.481 e. The zero-order chi connectivity index (χ0) is 21.4. The highest BCUT2D eigenvalue weighted by molar-refractivity contribution is 5.69. The minimum absolute atomic E-state index is 0.000274. The van der Waals surface area contributed by atoms with Crippen LogP contribution in [0.5, 0.6) is 0 Å². The molecule has 0 saturated heterocycles. The van der Waals surface area contributed by atoms with Crippen molar-refractivity contribution >= 4 is 11.9 Å². The van der Waals surface area contributed by atoms with Crippen molar-refractivity contribution in [3.8, 4) is 0 Å². The van der Waals surface area contributed by atoms with Crippen LogP contribution in [0.1, 0.15) is 26.2 Å². The smallest absolute Gasteiger partial charge is 0.305 e. The first-order chi connectivity index (χ1) is 14.2. The third kappa shape index (κ3) is 24.7. The molecular formula is C19H36O10. The van der Waals surface area contributed by atoms with Gasteiger partial charge in [-0.3, -0.25) is 9.59 Å². The van der Waals surface area contributed by atoms with Gasteiger partial charge in [-0.2, -0.15) is 0 Å². The SMILES string of the molecule is CCCC(=O)OCCOCCOCCOCCOCCOCCOCCC(=O)O. The summed E-state index contributed by atoms with van der Waals surface area (Å²) >= 11 is 0. The van der Waals surface area contributed by atoms with E-state index in [1.807, 2.05) is 6.92 Å². The van der Waals surface area contributed by atoms with Gasteiger partial charge in [0.25, 0.3) is 0 Å². The molecule has 0 spiro atoms. The average molecular weight is 424 g/mol. The molecule has 0 saturated carbocycles. The van der Waals surface area contributed by atoms with Crippen LogP contribution in [0.2, 0.25) is 0 Å². The van der Waals surface area contributed by atoms with Crippen molar-refractivity contribution in [2.45, 2.75) is 26.2 Å². The van der Waals surface area contributed by atoms with E-state index in [1.165, 1.54) is 0 Å².